The first-order valence-corrected chi connectivity index (χ1v) is 5.45. The van der Waals surface area contributed by atoms with Crippen LogP contribution in [0, 0.1) is 0 Å². The number of Topliss-reactive ketones (excluding diaryl/α,β-unsaturated/α-hetero) is 1. The van der Waals surface area contributed by atoms with Crippen molar-refractivity contribution in [1.29, 1.82) is 0 Å². The lowest BCUT2D eigenvalue weighted by Crippen LogP contribution is -1.96. The van der Waals surface area contributed by atoms with Gasteiger partial charge >= 0.3 is 0 Å². The molecule has 0 bridgehead atoms. The zero-order chi connectivity index (χ0) is 10.8. The first-order valence-electron chi connectivity index (χ1n) is 4.65. The summed E-state index contributed by atoms with van der Waals surface area (Å²) in [6.45, 7) is 1.58. The van der Waals surface area contributed by atoms with Crippen molar-refractivity contribution in [3.8, 4) is 0 Å². The maximum Gasteiger partial charge on any atom is 0.156 e. The third-order valence-corrected chi connectivity index (χ3v) is 2.54. The first kappa shape index (κ1) is 10.3. The van der Waals surface area contributed by atoms with Crippen LogP contribution in [0.2, 0.25) is 0 Å². The Morgan fingerprint density at radius 1 is 1.60 bits per heavy atom. The molecule has 2 aromatic heterocycles. The Hall–Kier alpha value is -1.23. The molecule has 0 amide bonds. The Kier molecular flexibility index (Phi) is 2.81. The smallest absolute Gasteiger partial charge is 0.156 e. The van der Waals surface area contributed by atoms with Gasteiger partial charge in [0, 0.05) is 23.5 Å². The summed E-state index contributed by atoms with van der Waals surface area (Å²) in [5.74, 6) is 0.873. The van der Waals surface area contributed by atoms with Crippen molar-refractivity contribution in [3.63, 3.8) is 0 Å². The van der Waals surface area contributed by atoms with E-state index in [4.69, 9.17) is 0 Å². The van der Waals surface area contributed by atoms with E-state index in [0.717, 1.165) is 10.1 Å². The topological polar surface area (TPSA) is 47.3 Å². The fourth-order valence-corrected chi connectivity index (χ4v) is 1.62. The van der Waals surface area contributed by atoms with Gasteiger partial charge in [-0.2, -0.15) is 5.10 Å². The van der Waals surface area contributed by atoms with Gasteiger partial charge in [-0.1, -0.05) is 15.9 Å². The number of rotatable bonds is 3. The summed E-state index contributed by atoms with van der Waals surface area (Å²) in [5, 5.41) is 4.26. The van der Waals surface area contributed by atoms with Crippen molar-refractivity contribution < 1.29 is 4.79 Å². The third-order valence-electron chi connectivity index (χ3n) is 2.04. The van der Waals surface area contributed by atoms with Crippen LogP contribution in [0.4, 0.5) is 0 Å². The normalized spacial score (nSPS) is 10.8. The van der Waals surface area contributed by atoms with Crippen LogP contribution in [0.5, 0.6) is 0 Å². The molecular weight excluding hydrogens is 258 g/mol. The van der Waals surface area contributed by atoms with Gasteiger partial charge in [-0.25, -0.2) is 9.50 Å². The molecular formula is C10H10BrN3O. The van der Waals surface area contributed by atoms with Gasteiger partial charge in [0.1, 0.15) is 5.78 Å². The summed E-state index contributed by atoms with van der Waals surface area (Å²) < 4.78 is 2.68. The van der Waals surface area contributed by atoms with E-state index in [9.17, 15) is 4.79 Å². The molecule has 2 aromatic rings. The fraction of sp³-hybridized carbons (Fsp3) is 0.300. The number of aromatic nitrogens is 3. The van der Waals surface area contributed by atoms with Crippen molar-refractivity contribution >= 4 is 27.4 Å². The van der Waals surface area contributed by atoms with Gasteiger partial charge in [-0.15, -0.1) is 0 Å². The molecule has 2 heterocycles. The Bertz CT molecular complexity index is 506. The number of pyridine rings is 1. The minimum Gasteiger partial charge on any atom is -0.300 e. The molecule has 0 aliphatic carbocycles. The Labute approximate surface area is 95.4 Å². The zero-order valence-corrected chi connectivity index (χ0v) is 9.86. The van der Waals surface area contributed by atoms with Gasteiger partial charge in [0.25, 0.3) is 0 Å². The largest absolute Gasteiger partial charge is 0.300 e. The van der Waals surface area contributed by atoms with Gasteiger partial charge in [0.2, 0.25) is 0 Å². The SMILES string of the molecule is CC(=O)CCc1nc2cc(Br)ccn2n1. The van der Waals surface area contributed by atoms with Gasteiger partial charge in [-0.05, 0) is 19.1 Å². The fourth-order valence-electron chi connectivity index (χ4n) is 1.30. The summed E-state index contributed by atoms with van der Waals surface area (Å²) in [6, 6.07) is 3.79. The van der Waals surface area contributed by atoms with E-state index in [-0.39, 0.29) is 5.78 Å². The van der Waals surface area contributed by atoms with E-state index in [2.05, 4.69) is 26.0 Å². The van der Waals surface area contributed by atoms with E-state index in [0.29, 0.717) is 18.7 Å². The molecule has 0 aliphatic rings. The molecule has 5 heteroatoms. The van der Waals surface area contributed by atoms with E-state index >= 15 is 0 Å². The molecule has 78 valence electrons. The molecule has 0 saturated carbocycles. The summed E-state index contributed by atoms with van der Waals surface area (Å²) in [5.41, 5.74) is 0.794. The highest BCUT2D eigenvalue weighted by molar-refractivity contribution is 9.10. The number of nitrogens with zero attached hydrogens (tertiary/aromatic N) is 3. The lowest BCUT2D eigenvalue weighted by atomic mass is 10.2. The second kappa shape index (κ2) is 4.10. The molecule has 0 radical (unpaired) electrons. The third kappa shape index (κ3) is 2.41. The number of carbonyl (C=O) groups excluding carboxylic acids is 1. The van der Waals surface area contributed by atoms with Crippen molar-refractivity contribution in [3.05, 3.63) is 28.6 Å². The van der Waals surface area contributed by atoms with Crippen LogP contribution in [0.15, 0.2) is 22.8 Å². The molecule has 2 rings (SSSR count). The predicted molar refractivity (Wildman–Crippen MR) is 59.7 cm³/mol. The quantitative estimate of drug-likeness (QED) is 0.855. The number of aryl methyl sites for hydroxylation is 1. The van der Waals surface area contributed by atoms with Crippen LogP contribution < -0.4 is 0 Å². The maximum atomic E-state index is 10.8. The highest BCUT2D eigenvalue weighted by atomic mass is 79.9. The molecule has 4 nitrogen and oxygen atoms in total. The van der Waals surface area contributed by atoms with Crippen LogP contribution in [-0.2, 0) is 11.2 Å². The van der Waals surface area contributed by atoms with E-state index < -0.39 is 0 Å². The minimum absolute atomic E-state index is 0.162. The molecule has 0 atom stereocenters. The summed E-state index contributed by atoms with van der Waals surface area (Å²) in [7, 11) is 0. The Morgan fingerprint density at radius 2 is 2.40 bits per heavy atom. The predicted octanol–water partition coefficient (Wildman–Crippen LogP) is 2.01. The number of hydrogen-bond donors (Lipinski definition) is 0. The average Bonchev–Trinajstić information content (AvgIpc) is 2.56. The van der Waals surface area contributed by atoms with Crippen molar-refractivity contribution in [2.75, 3.05) is 0 Å². The van der Waals surface area contributed by atoms with Crippen LogP contribution in [-0.4, -0.2) is 20.4 Å². The molecule has 15 heavy (non-hydrogen) atoms. The molecule has 0 spiro atoms. The lowest BCUT2D eigenvalue weighted by molar-refractivity contribution is -0.117. The monoisotopic (exact) mass is 267 g/mol. The van der Waals surface area contributed by atoms with Crippen molar-refractivity contribution in [2.24, 2.45) is 0 Å². The molecule has 0 aromatic carbocycles. The van der Waals surface area contributed by atoms with Crippen molar-refractivity contribution in [1.82, 2.24) is 14.6 Å². The lowest BCUT2D eigenvalue weighted by Gasteiger charge is -1.89. The maximum absolute atomic E-state index is 10.8. The van der Waals surface area contributed by atoms with Crippen LogP contribution in [0.25, 0.3) is 5.65 Å². The summed E-state index contributed by atoms with van der Waals surface area (Å²) in [4.78, 5) is 15.1. The number of halogens is 1. The number of carbonyl (C=O) groups is 1. The first-order chi connectivity index (χ1) is 7.15. The van der Waals surface area contributed by atoms with Crippen LogP contribution in [0.3, 0.4) is 0 Å². The van der Waals surface area contributed by atoms with Crippen LogP contribution >= 0.6 is 15.9 Å². The zero-order valence-electron chi connectivity index (χ0n) is 8.27. The van der Waals surface area contributed by atoms with Gasteiger partial charge < -0.3 is 4.79 Å². The summed E-state index contributed by atoms with van der Waals surface area (Å²) >= 11 is 3.37. The second-order valence-electron chi connectivity index (χ2n) is 3.38. The standard InChI is InChI=1S/C10H10BrN3O/c1-7(15)2-3-9-12-10-6-8(11)4-5-14(10)13-9/h4-6H,2-3H2,1H3. The highest BCUT2D eigenvalue weighted by Gasteiger charge is 2.04. The van der Waals surface area contributed by atoms with E-state index in [1.165, 1.54) is 0 Å². The second-order valence-corrected chi connectivity index (χ2v) is 4.29. The van der Waals surface area contributed by atoms with Gasteiger partial charge in [-0.3, -0.25) is 0 Å². The molecule has 0 fully saturated rings. The molecule has 0 aliphatic heterocycles. The average molecular weight is 268 g/mol. The highest BCUT2D eigenvalue weighted by Crippen LogP contribution is 2.11. The van der Waals surface area contributed by atoms with E-state index in [1.807, 2.05) is 18.3 Å². The van der Waals surface area contributed by atoms with Gasteiger partial charge in [0.05, 0.1) is 0 Å². The molecule has 0 saturated heterocycles. The minimum atomic E-state index is 0.162. The number of hydrogen-bond acceptors (Lipinski definition) is 3. The van der Waals surface area contributed by atoms with Gasteiger partial charge in [0.15, 0.2) is 11.5 Å². The summed E-state index contributed by atoms with van der Waals surface area (Å²) in [6.07, 6.45) is 2.94. The molecule has 0 unspecified atom stereocenters. The molecule has 0 N–H and O–H groups in total. The Balaban J connectivity index is 2.27. The number of fused-ring (bicyclic) bond motifs is 1. The number of ketones is 1. The van der Waals surface area contributed by atoms with E-state index in [1.54, 1.807) is 11.4 Å². The Morgan fingerprint density at radius 3 is 3.13 bits per heavy atom. The van der Waals surface area contributed by atoms with Crippen LogP contribution in [0.1, 0.15) is 19.2 Å². The van der Waals surface area contributed by atoms with Crippen molar-refractivity contribution in [2.45, 2.75) is 19.8 Å².